The van der Waals surface area contributed by atoms with Crippen LogP contribution in [0, 0.1) is 0 Å². The topological polar surface area (TPSA) is 208 Å². The lowest BCUT2D eigenvalue weighted by Crippen LogP contribution is -2.59. The minimum atomic E-state index is -1.35. The van der Waals surface area contributed by atoms with E-state index in [1.165, 1.54) is 0 Å². The van der Waals surface area contributed by atoms with E-state index in [1.54, 1.807) is 6.92 Å². The molecule has 3 atom stereocenters. The first-order chi connectivity index (χ1) is 29.1. The lowest BCUT2D eigenvalue weighted by molar-refractivity contribution is -0.137. The first-order valence-electron chi connectivity index (χ1n) is 20.0. The summed E-state index contributed by atoms with van der Waals surface area (Å²) in [6.45, 7) is 4.34. The van der Waals surface area contributed by atoms with E-state index in [9.17, 15) is 24.0 Å². The van der Waals surface area contributed by atoms with Crippen LogP contribution < -0.4 is 32.5 Å². The average molecular weight is 825 g/mol. The molecule has 0 radical (unpaired) electrons. The van der Waals surface area contributed by atoms with Gasteiger partial charge in [-0.1, -0.05) is 135 Å². The number of amides is 5. The Balaban J connectivity index is 1.25. The van der Waals surface area contributed by atoms with Crippen molar-refractivity contribution in [2.45, 2.75) is 63.4 Å². The summed E-state index contributed by atoms with van der Waals surface area (Å²) in [5.41, 5.74) is 13.0. The van der Waals surface area contributed by atoms with Crippen molar-refractivity contribution in [3.63, 3.8) is 0 Å². The van der Waals surface area contributed by atoms with Crippen molar-refractivity contribution in [3.8, 4) is 0 Å². The van der Waals surface area contributed by atoms with Crippen molar-refractivity contribution in [3.05, 3.63) is 144 Å². The van der Waals surface area contributed by atoms with Crippen LogP contribution >= 0.6 is 0 Å². The standard InChI is InChI=1S/C45H56N6O9/c1-3-4-26-59-33(2)41(48-40(53)32-58-29-28-57-27-25-47-44(56)60-31-34-17-9-5-10-18-34)43(55)51-50-42(54)38(46)30-39(52)49-45(35-19-11-6-12-20-35,36-21-13-7-14-22-36)37-23-15-8-16-24-37/h5-24,33,38,41H,3-4,25-32,46H2,1-2H3,(H,47,56)(H,48,53)(H,49,52)(H,50,54)(H,51,55)/t33?,38-,41-/m1/s1. The van der Waals surface area contributed by atoms with Gasteiger partial charge in [0.25, 0.3) is 11.8 Å². The fraction of sp³-hybridized carbons (Fsp3) is 0.356. The summed E-state index contributed by atoms with van der Waals surface area (Å²) in [6.07, 6.45) is -0.181. The summed E-state index contributed by atoms with van der Waals surface area (Å²) in [7, 11) is 0. The highest BCUT2D eigenvalue weighted by molar-refractivity contribution is 5.92. The molecule has 0 spiro atoms. The molecule has 0 heterocycles. The number of hydrogen-bond donors (Lipinski definition) is 6. The second-order valence-electron chi connectivity index (χ2n) is 13.8. The monoisotopic (exact) mass is 824 g/mol. The molecule has 4 aromatic rings. The predicted molar refractivity (Wildman–Crippen MR) is 225 cm³/mol. The molecule has 320 valence electrons. The van der Waals surface area contributed by atoms with Crippen molar-refractivity contribution in [1.29, 1.82) is 0 Å². The minimum absolute atomic E-state index is 0.0655. The number of ether oxygens (including phenoxy) is 4. The van der Waals surface area contributed by atoms with Crippen molar-refractivity contribution in [2.24, 2.45) is 5.73 Å². The van der Waals surface area contributed by atoms with Gasteiger partial charge in [0.05, 0.1) is 38.4 Å². The Morgan fingerprint density at radius 2 is 1.20 bits per heavy atom. The molecule has 7 N–H and O–H groups in total. The number of hydrazine groups is 1. The normalized spacial score (nSPS) is 12.6. The van der Waals surface area contributed by atoms with E-state index in [0.717, 1.165) is 35.1 Å². The van der Waals surface area contributed by atoms with E-state index in [1.807, 2.05) is 128 Å². The van der Waals surface area contributed by atoms with Crippen LogP contribution in [0.3, 0.4) is 0 Å². The zero-order chi connectivity index (χ0) is 43.0. The number of nitrogens with one attached hydrogen (secondary N) is 5. The van der Waals surface area contributed by atoms with E-state index in [2.05, 4.69) is 26.8 Å². The van der Waals surface area contributed by atoms with E-state index >= 15 is 0 Å². The summed E-state index contributed by atoms with van der Waals surface area (Å²) in [5, 5.41) is 8.35. The molecule has 60 heavy (non-hydrogen) atoms. The largest absolute Gasteiger partial charge is 0.445 e. The molecule has 0 aliphatic rings. The zero-order valence-corrected chi connectivity index (χ0v) is 34.1. The second kappa shape index (κ2) is 25.4. The molecule has 15 nitrogen and oxygen atoms in total. The summed E-state index contributed by atoms with van der Waals surface area (Å²) in [4.78, 5) is 65.0. The van der Waals surface area contributed by atoms with Gasteiger partial charge in [0.15, 0.2) is 0 Å². The Hall–Kier alpha value is -6.13. The summed E-state index contributed by atoms with van der Waals surface area (Å²) in [5.74, 6) is -2.71. The van der Waals surface area contributed by atoms with Crippen LogP contribution in [-0.4, -0.2) is 87.5 Å². The highest BCUT2D eigenvalue weighted by Gasteiger charge is 2.38. The third kappa shape index (κ3) is 14.9. The highest BCUT2D eigenvalue weighted by atomic mass is 16.6. The molecule has 0 fully saturated rings. The van der Waals surface area contributed by atoms with Crippen LogP contribution in [0.2, 0.25) is 0 Å². The third-order valence-corrected chi connectivity index (χ3v) is 9.28. The first kappa shape index (κ1) is 46.6. The van der Waals surface area contributed by atoms with Gasteiger partial charge in [-0.25, -0.2) is 4.79 Å². The molecule has 4 rings (SSSR count). The van der Waals surface area contributed by atoms with E-state index in [4.69, 9.17) is 24.7 Å². The van der Waals surface area contributed by atoms with E-state index in [0.29, 0.717) is 6.61 Å². The average Bonchev–Trinajstić information content (AvgIpc) is 3.27. The molecule has 15 heteroatoms. The molecule has 0 saturated carbocycles. The van der Waals surface area contributed by atoms with Crippen molar-refractivity contribution >= 4 is 29.7 Å². The maximum Gasteiger partial charge on any atom is 0.407 e. The molecular weight excluding hydrogens is 769 g/mol. The lowest BCUT2D eigenvalue weighted by Gasteiger charge is -2.37. The van der Waals surface area contributed by atoms with Crippen LogP contribution in [0.1, 0.15) is 55.4 Å². The smallest absolute Gasteiger partial charge is 0.407 e. The van der Waals surface area contributed by atoms with Crippen LogP contribution in [0.15, 0.2) is 121 Å². The summed E-state index contributed by atoms with van der Waals surface area (Å²) >= 11 is 0. The molecule has 0 aliphatic carbocycles. The quantitative estimate of drug-likeness (QED) is 0.0344. The van der Waals surface area contributed by atoms with Gasteiger partial charge in [-0.2, -0.15) is 0 Å². The number of rotatable bonds is 24. The maximum absolute atomic E-state index is 13.8. The minimum Gasteiger partial charge on any atom is -0.445 e. The Morgan fingerprint density at radius 1 is 0.667 bits per heavy atom. The van der Waals surface area contributed by atoms with Gasteiger partial charge in [0.2, 0.25) is 11.8 Å². The Bertz CT molecular complexity index is 1810. The number of nitrogens with two attached hydrogens (primary N) is 1. The van der Waals surface area contributed by atoms with E-state index < -0.39 is 59.9 Å². The summed E-state index contributed by atoms with van der Waals surface area (Å²) in [6, 6.07) is 35.2. The van der Waals surface area contributed by atoms with Crippen LogP contribution in [0.5, 0.6) is 0 Å². The summed E-state index contributed by atoms with van der Waals surface area (Å²) < 4.78 is 21.8. The highest BCUT2D eigenvalue weighted by Crippen LogP contribution is 2.36. The van der Waals surface area contributed by atoms with Crippen molar-refractivity contribution < 1.29 is 42.9 Å². The van der Waals surface area contributed by atoms with Gasteiger partial charge in [-0.3, -0.25) is 30.0 Å². The van der Waals surface area contributed by atoms with Crippen LogP contribution in [-0.2, 0) is 50.3 Å². The van der Waals surface area contributed by atoms with E-state index in [-0.39, 0.29) is 39.6 Å². The van der Waals surface area contributed by atoms with Crippen molar-refractivity contribution in [2.75, 3.05) is 39.6 Å². The number of unbranched alkanes of at least 4 members (excludes halogenated alkanes) is 1. The molecule has 0 aromatic heterocycles. The van der Waals surface area contributed by atoms with Gasteiger partial charge in [-0.15, -0.1) is 0 Å². The Morgan fingerprint density at radius 3 is 1.77 bits per heavy atom. The van der Waals surface area contributed by atoms with Crippen LogP contribution in [0.4, 0.5) is 4.79 Å². The van der Waals surface area contributed by atoms with Gasteiger partial charge in [-0.05, 0) is 35.6 Å². The van der Waals surface area contributed by atoms with Gasteiger partial charge in [0, 0.05) is 13.2 Å². The number of alkyl carbamates (subject to hydrolysis) is 1. The third-order valence-electron chi connectivity index (χ3n) is 9.28. The van der Waals surface area contributed by atoms with Gasteiger partial charge >= 0.3 is 6.09 Å². The lowest BCUT2D eigenvalue weighted by atomic mass is 9.77. The van der Waals surface area contributed by atoms with Gasteiger partial charge < -0.3 is 40.6 Å². The molecule has 0 aliphatic heterocycles. The Kier molecular flexibility index (Phi) is 19.7. The number of hydrogen-bond acceptors (Lipinski definition) is 10. The number of carbonyl (C=O) groups is 5. The number of benzene rings is 4. The zero-order valence-electron chi connectivity index (χ0n) is 34.1. The molecule has 4 aromatic carbocycles. The van der Waals surface area contributed by atoms with Gasteiger partial charge in [0.1, 0.15) is 24.8 Å². The second-order valence-corrected chi connectivity index (χ2v) is 13.8. The molecule has 1 unspecified atom stereocenters. The fourth-order valence-corrected chi connectivity index (χ4v) is 6.13. The Labute approximate surface area is 351 Å². The molecule has 0 bridgehead atoms. The van der Waals surface area contributed by atoms with Crippen molar-refractivity contribution in [1.82, 2.24) is 26.8 Å². The first-order valence-corrected chi connectivity index (χ1v) is 20.0. The number of carbonyl (C=O) groups excluding carboxylic acids is 5. The molecular formula is C45H56N6O9. The molecule has 5 amide bonds. The molecule has 0 saturated heterocycles. The SMILES string of the molecule is CCCCOC(C)[C@@H](NC(=O)COCCOCCNC(=O)OCc1ccccc1)C(=O)NNC(=O)[C@H](N)CC(=O)NC(c1ccccc1)(c1ccccc1)c1ccccc1. The van der Waals surface area contributed by atoms with Crippen LogP contribution in [0.25, 0.3) is 0 Å². The fourth-order valence-electron chi connectivity index (χ4n) is 6.13. The maximum atomic E-state index is 13.8. The predicted octanol–water partition coefficient (Wildman–Crippen LogP) is 3.61.